The molecule has 22 rings (SSSR count). The Morgan fingerprint density at radius 1 is 0.629 bits per heavy atom. The Bertz CT molecular complexity index is 5780. The zero-order chi connectivity index (χ0) is 86.4. The van der Waals surface area contributed by atoms with Crippen molar-refractivity contribution in [2.45, 2.75) is 161 Å². The van der Waals surface area contributed by atoms with Crippen LogP contribution in [0.3, 0.4) is 0 Å². The number of aromatic hydroxyl groups is 2. The molecule has 6 aromatic carbocycles. The summed E-state index contributed by atoms with van der Waals surface area (Å²) in [6.45, 7) is 19.9. The van der Waals surface area contributed by atoms with E-state index in [9.17, 15) is 30.2 Å². The molecule has 32 nitrogen and oxygen atoms in total. The van der Waals surface area contributed by atoms with Crippen LogP contribution in [0.5, 0.6) is 46.0 Å². The molecular weight excluding hydrogens is 1730 g/mol. The summed E-state index contributed by atoms with van der Waals surface area (Å²) in [6.07, 6.45) is 3.01. The number of alkyl carbamates (subject to hydrolysis) is 2. The number of thioether (sulfide) groups is 2. The summed E-state index contributed by atoms with van der Waals surface area (Å²) in [4.78, 5) is 80.3. The van der Waals surface area contributed by atoms with E-state index in [1.807, 2.05) is 71.1 Å². The number of nitrogens with zero attached hydrogens (tertiary/aromatic N) is 6. The number of nitrogens with one attached hydrogen (secondary N) is 6. The number of aryl methyl sites for hydroxylation is 2. The average molecular weight is 1830 g/mol. The number of phenols is 2. The van der Waals surface area contributed by atoms with Gasteiger partial charge < -0.3 is 88.5 Å². The van der Waals surface area contributed by atoms with Gasteiger partial charge in [-0.05, 0) is 160 Å². The van der Waals surface area contributed by atoms with Gasteiger partial charge in [0.15, 0.2) is 57.1 Å². The summed E-state index contributed by atoms with van der Waals surface area (Å²) >= 11 is 3.26. The Hall–Kier alpha value is -10.4. The number of hydrogen-bond donors (Lipinski definition) is 10. The number of ether oxygens (including phenoxy) is 10. The minimum atomic E-state index is -1.50. The fourth-order valence-corrected chi connectivity index (χ4v) is 25.7. The smallest absolute Gasteiger partial charge is 0.407 e. The van der Waals surface area contributed by atoms with E-state index in [4.69, 9.17) is 62.7 Å². The van der Waals surface area contributed by atoms with Crippen molar-refractivity contribution < 1.29 is 115 Å². The van der Waals surface area contributed by atoms with Gasteiger partial charge in [-0.2, -0.15) is 5.26 Å². The number of carbonyl (C=O) groups excluding carboxylic acids is 4. The van der Waals surface area contributed by atoms with Gasteiger partial charge in [0.05, 0.1) is 61.9 Å². The number of aliphatic hydroxyl groups is 1. The number of amides is 2. The molecule has 2 amide bonds. The number of H-pyrrole nitrogens is 2. The van der Waals surface area contributed by atoms with Crippen LogP contribution in [0, 0.1) is 63.0 Å². The number of benzene rings is 6. The van der Waals surface area contributed by atoms with Gasteiger partial charge >= 0.3 is 24.1 Å². The van der Waals surface area contributed by atoms with E-state index in [-0.39, 0.29) is 151 Å². The second-order valence-electron chi connectivity index (χ2n) is 33.6. The number of hydrogen-bond acceptors (Lipinski definition) is 28. The van der Waals surface area contributed by atoms with Crippen molar-refractivity contribution >= 4 is 69.5 Å². The first-order chi connectivity index (χ1) is 59.2. The summed E-state index contributed by atoms with van der Waals surface area (Å²) in [5, 5.41) is 76.2. The molecule has 16 heterocycles. The van der Waals surface area contributed by atoms with Crippen LogP contribution in [0.4, 0.5) is 9.59 Å². The second-order valence-corrected chi connectivity index (χ2v) is 35.9. The van der Waals surface area contributed by atoms with Crippen molar-refractivity contribution in [3.05, 3.63) is 196 Å². The second kappa shape index (κ2) is 33.2. The number of methoxy groups -OCH3 is 2. The van der Waals surface area contributed by atoms with E-state index < -0.39 is 70.7 Å². The zero-order valence-corrected chi connectivity index (χ0v) is 73.1. The zero-order valence-electron chi connectivity index (χ0n) is 69.9. The van der Waals surface area contributed by atoms with Gasteiger partial charge in [0.1, 0.15) is 38.7 Å². The van der Waals surface area contributed by atoms with E-state index >= 15 is 9.59 Å². The molecule has 0 unspecified atom stereocenters. The first-order valence-corrected chi connectivity index (χ1v) is 43.2. The van der Waals surface area contributed by atoms with Crippen LogP contribution in [0.25, 0.3) is 21.8 Å². The summed E-state index contributed by atoms with van der Waals surface area (Å²) < 4.78 is 60.1. The first-order valence-electron chi connectivity index (χ1n) is 41.1. The maximum Gasteiger partial charge on any atom is 0.407 e. The van der Waals surface area contributed by atoms with Crippen LogP contribution >= 0.6 is 23.5 Å². The Kier molecular flexibility index (Phi) is 22.9. The van der Waals surface area contributed by atoms with Crippen molar-refractivity contribution in [2.75, 3.05) is 92.9 Å². The molecule has 35 heteroatoms. The van der Waals surface area contributed by atoms with Gasteiger partial charge in [0.25, 0.3) is 5.09 Å². The van der Waals surface area contributed by atoms with Crippen molar-refractivity contribution in [3.63, 3.8) is 0 Å². The number of para-hydroxylation sites is 2. The van der Waals surface area contributed by atoms with Crippen LogP contribution in [-0.4, -0.2) is 221 Å². The van der Waals surface area contributed by atoms with Gasteiger partial charge in [-0.25, -0.2) is 19.2 Å². The number of carbonyl (C=O) groups is 4. The molecule has 4 saturated heterocycles. The monoisotopic (exact) mass is 1830 g/mol. The molecule has 124 heavy (non-hydrogen) atoms. The standard InChI is InChI=1S/C45H48N6O8S.C44H49N5O9S.Ag.HNO3/c1-7-12-56-44(54)47-17-25-15-27-26-10-8-9-11-28(26)48-42(27)45(49-25)19-60-41-32-22(3)23(4)39-40(59-20-58-39)34(32)31(18-57-43(45)53)51-30(16-46)29-14-24-13-21(2)38(55-6)37(52)33(24)35(36(41)51)50(29)5;1-7-12-55-43(53)45-16-24-15-26-25-10-8-9-11-27(25)46-40(26)44(47-24)18-59-39-30-21(3)22(4)37-38(58-19-57-37)32(30)29(17-56-42(44)52)49-34(39)33-31-23(14-28(41(49)51)48(33)5)13-20(2)36(54-6)35(31)50;;2-1(3)4/h7-11,13,25,29-31,35-36,41,48-49,52H,1,12,14-15,17-20H2,2-6H3,(H,47,54);7-11,13,24,28-29,33-34,39,41,46-47,50-51H,1,12,14-19H2,2-6H3,(H,45,53);;(H,2,3,4)/t25-,29-,30-,31-,35+,36+,41+,45+;24-,28-,29-,33+,34+,39+,41-,44+;;/m00../s1. The molecule has 16 atom stereocenters. The average Bonchev–Trinajstić information content (AvgIpc) is 1.20. The number of nitriles is 1. The van der Waals surface area contributed by atoms with E-state index in [2.05, 4.69) is 115 Å². The van der Waals surface area contributed by atoms with Crippen molar-refractivity contribution in [1.82, 2.24) is 50.8 Å². The van der Waals surface area contributed by atoms with Crippen molar-refractivity contribution in [1.29, 1.82) is 5.26 Å². The van der Waals surface area contributed by atoms with E-state index in [0.29, 0.717) is 60.2 Å². The fraction of sp³-hybridized carbons (Fsp3) is 0.449. The van der Waals surface area contributed by atoms with E-state index in [1.54, 1.807) is 37.7 Å². The quantitative estimate of drug-likeness (QED) is 0.0152. The number of esters is 2. The van der Waals surface area contributed by atoms with Crippen LogP contribution in [-0.2, 0) is 87.7 Å². The van der Waals surface area contributed by atoms with Crippen LogP contribution in [0.2, 0.25) is 0 Å². The number of aromatic nitrogens is 2. The number of likely N-dealkylation sites (N-methyl/N-ethyl adjacent to an activating group) is 2. The molecule has 1 radical (unpaired) electrons. The normalized spacial score (nSPS) is 28.0. The number of piperazine rings is 2. The molecule has 8 aromatic rings. The molecular formula is C89H98AgN12O20S2. The predicted octanol–water partition coefficient (Wildman–Crippen LogP) is 9.91. The van der Waals surface area contributed by atoms with Gasteiger partial charge in [-0.1, -0.05) is 73.8 Å². The maximum absolute atomic E-state index is 15.3. The summed E-state index contributed by atoms with van der Waals surface area (Å²) in [7, 11) is 7.23. The van der Waals surface area contributed by atoms with Crippen molar-refractivity contribution in [2.24, 2.45) is 0 Å². The molecule has 2 spiro atoms. The first kappa shape index (κ1) is 85.8. The summed E-state index contributed by atoms with van der Waals surface area (Å²) in [5.74, 6) is 3.17. The van der Waals surface area contributed by atoms with Gasteiger partial charge in [-0.3, -0.25) is 30.2 Å². The molecule has 2 aromatic heterocycles. The molecule has 10 N–H and O–H groups in total. The third kappa shape index (κ3) is 13.4. The summed E-state index contributed by atoms with van der Waals surface area (Å²) in [6, 6.07) is 18.2. The summed E-state index contributed by atoms with van der Waals surface area (Å²) in [5.41, 5.74) is 15.5. The van der Waals surface area contributed by atoms with Gasteiger partial charge in [0.2, 0.25) is 13.6 Å². The Balaban J connectivity index is 0.000000167. The third-order valence-electron chi connectivity index (χ3n) is 27.5. The van der Waals surface area contributed by atoms with Gasteiger partial charge in [0, 0.05) is 132 Å². The van der Waals surface area contributed by atoms with Crippen LogP contribution in [0.1, 0.15) is 135 Å². The fourth-order valence-electron chi connectivity index (χ4n) is 22.3. The maximum atomic E-state index is 15.3. The van der Waals surface area contributed by atoms with Crippen LogP contribution < -0.4 is 49.7 Å². The van der Waals surface area contributed by atoms with E-state index in [1.165, 1.54) is 12.2 Å². The number of fused-ring (bicyclic) bond motifs is 22. The number of aliphatic hydroxyl groups excluding tert-OH is 1. The molecule has 657 valence electrons. The molecule has 14 aliphatic heterocycles. The molecule has 0 saturated carbocycles. The minimum absolute atomic E-state index is 0. The number of phenolic OH excluding ortho intramolecular Hbond substituents is 2. The largest absolute Gasteiger partial charge is 0.504 e. The third-order valence-corrected chi connectivity index (χ3v) is 30.5. The van der Waals surface area contributed by atoms with Crippen LogP contribution in [0.15, 0.2) is 86.0 Å². The van der Waals surface area contributed by atoms with E-state index in [0.717, 1.165) is 122 Å². The molecule has 8 bridgehead atoms. The Morgan fingerprint density at radius 3 is 1.48 bits per heavy atom. The minimum Gasteiger partial charge on any atom is -0.504 e. The molecule has 14 aliphatic rings. The molecule has 4 fully saturated rings. The number of aromatic amines is 2. The Morgan fingerprint density at radius 2 is 1.04 bits per heavy atom. The topological polar surface area (TPSA) is 401 Å². The SMILES string of the molecule is C=CCOC(=O)NC[C@@H]1Cc2c([nH]c3ccccc23)[C@@]2(CS[C@@H]3c4c(C)c(C)c5c(c4[C@H](COC2=O)N2[C@@H]3[C@H]3c4c(cc(C)c(OC)c4O)C[C@@H]([C@@H]2C#N)N3C)OCO5)N1.C=CCOC(=O)NC[C@@H]1Cc2c([nH]c3ccccc23)[C@@]2(CS[C@@H]3c4c(C)c(C)c5c(c4[C@H](COC2=O)N2[C@@H]3[C@H]3c4c(cc(C)c(OC)c4O)C[C@@H]([C@@H]2O)N3C)OCO5)N1.O=[N+]([O-])O.[Ag]. The predicted molar refractivity (Wildman–Crippen MR) is 452 cm³/mol. The molecule has 0 aliphatic carbocycles. The number of rotatable bonds is 10. The van der Waals surface area contributed by atoms with Gasteiger partial charge in [-0.15, -0.1) is 33.6 Å². The Labute approximate surface area is 738 Å². The van der Waals surface area contributed by atoms with Crippen molar-refractivity contribution in [3.8, 4) is 52.1 Å².